The van der Waals surface area contributed by atoms with Crippen LogP contribution in [0.1, 0.15) is 38.6 Å². The third kappa shape index (κ3) is 1.84. The van der Waals surface area contributed by atoms with Crippen LogP contribution < -0.4 is 10.6 Å². The van der Waals surface area contributed by atoms with E-state index in [1.807, 2.05) is 0 Å². The van der Waals surface area contributed by atoms with Gasteiger partial charge in [0.2, 0.25) is 5.95 Å². The third-order valence-corrected chi connectivity index (χ3v) is 2.84. The molecule has 0 atom stereocenters. The van der Waals surface area contributed by atoms with Crippen molar-refractivity contribution in [3.63, 3.8) is 0 Å². The average molecular weight is 209 g/mol. The van der Waals surface area contributed by atoms with Gasteiger partial charge < -0.3 is 10.6 Å². The van der Waals surface area contributed by atoms with Crippen molar-refractivity contribution in [3.05, 3.63) is 5.82 Å². The maximum absolute atomic E-state index is 5.66. The second-order valence-electron chi connectivity index (χ2n) is 4.28. The van der Waals surface area contributed by atoms with Gasteiger partial charge in [-0.15, -0.1) is 10.2 Å². The Morgan fingerprint density at radius 3 is 2.47 bits per heavy atom. The highest BCUT2D eigenvalue weighted by Crippen LogP contribution is 2.22. The van der Waals surface area contributed by atoms with Crippen LogP contribution in [0.3, 0.4) is 0 Å². The Balaban J connectivity index is 2.33. The van der Waals surface area contributed by atoms with Gasteiger partial charge in [0.05, 0.1) is 6.54 Å². The SMILES string of the molecule is CC(C)n1c(CN)nnc1N1CCCC1. The van der Waals surface area contributed by atoms with E-state index in [1.165, 1.54) is 12.8 Å². The van der Waals surface area contributed by atoms with E-state index < -0.39 is 0 Å². The maximum atomic E-state index is 5.66. The summed E-state index contributed by atoms with van der Waals surface area (Å²) < 4.78 is 2.14. The molecule has 15 heavy (non-hydrogen) atoms. The number of aromatic nitrogens is 3. The van der Waals surface area contributed by atoms with Gasteiger partial charge in [-0.3, -0.25) is 4.57 Å². The first-order valence-electron chi connectivity index (χ1n) is 5.63. The largest absolute Gasteiger partial charge is 0.341 e. The summed E-state index contributed by atoms with van der Waals surface area (Å²) in [6, 6.07) is 0.370. The Bertz CT molecular complexity index is 325. The lowest BCUT2D eigenvalue weighted by Gasteiger charge is -2.20. The Kier molecular flexibility index (Phi) is 2.90. The molecule has 2 rings (SSSR count). The first-order chi connectivity index (χ1) is 7.24. The van der Waals surface area contributed by atoms with Crippen LogP contribution >= 0.6 is 0 Å². The molecule has 0 spiro atoms. The van der Waals surface area contributed by atoms with Crippen LogP contribution in [0.5, 0.6) is 0 Å². The minimum atomic E-state index is 0.370. The van der Waals surface area contributed by atoms with Crippen LogP contribution in [0.2, 0.25) is 0 Å². The number of rotatable bonds is 3. The predicted octanol–water partition coefficient (Wildman–Crippen LogP) is 0.918. The van der Waals surface area contributed by atoms with Crippen molar-refractivity contribution in [1.82, 2.24) is 14.8 Å². The standard InChI is InChI=1S/C10H19N5/c1-8(2)15-9(7-11)12-13-10(15)14-5-3-4-6-14/h8H,3-7,11H2,1-2H3. The van der Waals surface area contributed by atoms with Gasteiger partial charge in [0.15, 0.2) is 0 Å². The Morgan fingerprint density at radius 1 is 1.27 bits per heavy atom. The summed E-state index contributed by atoms with van der Waals surface area (Å²) in [5, 5.41) is 8.40. The average Bonchev–Trinajstić information content (AvgIpc) is 2.85. The molecule has 5 heteroatoms. The molecule has 84 valence electrons. The molecule has 0 amide bonds. The maximum Gasteiger partial charge on any atom is 0.227 e. The number of hydrogen-bond donors (Lipinski definition) is 1. The molecule has 1 fully saturated rings. The van der Waals surface area contributed by atoms with Gasteiger partial charge in [-0.05, 0) is 26.7 Å². The highest BCUT2D eigenvalue weighted by atomic mass is 15.4. The van der Waals surface area contributed by atoms with Crippen LogP contribution in [0.15, 0.2) is 0 Å². The van der Waals surface area contributed by atoms with Crippen molar-refractivity contribution >= 4 is 5.95 Å². The molecule has 1 aliphatic rings. The van der Waals surface area contributed by atoms with E-state index in [0.29, 0.717) is 12.6 Å². The third-order valence-electron chi connectivity index (χ3n) is 2.84. The second-order valence-corrected chi connectivity index (χ2v) is 4.28. The summed E-state index contributed by atoms with van der Waals surface area (Å²) in [5.41, 5.74) is 5.66. The van der Waals surface area contributed by atoms with E-state index in [1.54, 1.807) is 0 Å². The van der Waals surface area contributed by atoms with Crippen LogP contribution in [-0.4, -0.2) is 27.9 Å². The molecule has 0 aliphatic carbocycles. The lowest BCUT2D eigenvalue weighted by Crippen LogP contribution is -2.24. The highest BCUT2D eigenvalue weighted by Gasteiger charge is 2.21. The van der Waals surface area contributed by atoms with Crippen molar-refractivity contribution in [2.45, 2.75) is 39.3 Å². The summed E-state index contributed by atoms with van der Waals surface area (Å²) in [5.74, 6) is 1.87. The topological polar surface area (TPSA) is 60.0 Å². The summed E-state index contributed by atoms with van der Waals surface area (Å²) in [4.78, 5) is 2.30. The normalized spacial score (nSPS) is 16.7. The molecule has 5 nitrogen and oxygen atoms in total. The summed E-state index contributed by atoms with van der Waals surface area (Å²) in [6.07, 6.45) is 2.51. The van der Waals surface area contributed by atoms with Gasteiger partial charge in [-0.1, -0.05) is 0 Å². The van der Waals surface area contributed by atoms with Gasteiger partial charge in [0, 0.05) is 19.1 Å². The van der Waals surface area contributed by atoms with Gasteiger partial charge >= 0.3 is 0 Å². The minimum absolute atomic E-state index is 0.370. The molecule has 1 aliphatic heterocycles. The molecule has 1 aromatic heterocycles. The van der Waals surface area contributed by atoms with E-state index in [0.717, 1.165) is 24.9 Å². The Morgan fingerprint density at radius 2 is 1.93 bits per heavy atom. The van der Waals surface area contributed by atoms with Crippen molar-refractivity contribution < 1.29 is 0 Å². The van der Waals surface area contributed by atoms with Gasteiger partial charge in [0.25, 0.3) is 0 Å². The smallest absolute Gasteiger partial charge is 0.227 e. The van der Waals surface area contributed by atoms with Gasteiger partial charge in [-0.25, -0.2) is 0 Å². The molecular weight excluding hydrogens is 190 g/mol. The number of anilines is 1. The first-order valence-corrected chi connectivity index (χ1v) is 5.63. The summed E-state index contributed by atoms with van der Waals surface area (Å²) in [6.45, 7) is 6.92. The molecule has 2 heterocycles. The lowest BCUT2D eigenvalue weighted by molar-refractivity contribution is 0.564. The fraction of sp³-hybridized carbons (Fsp3) is 0.800. The van der Waals surface area contributed by atoms with E-state index in [4.69, 9.17) is 5.73 Å². The first kappa shape index (κ1) is 10.4. The van der Waals surface area contributed by atoms with Gasteiger partial charge in [-0.2, -0.15) is 0 Å². The fourth-order valence-electron chi connectivity index (χ4n) is 2.12. The van der Waals surface area contributed by atoms with Crippen molar-refractivity contribution in [1.29, 1.82) is 0 Å². The fourth-order valence-corrected chi connectivity index (χ4v) is 2.12. The second kappa shape index (κ2) is 4.18. The molecule has 0 aromatic carbocycles. The highest BCUT2D eigenvalue weighted by molar-refractivity contribution is 5.33. The zero-order chi connectivity index (χ0) is 10.8. The quantitative estimate of drug-likeness (QED) is 0.804. The molecule has 0 radical (unpaired) electrons. The number of nitrogens with zero attached hydrogens (tertiary/aromatic N) is 4. The molecular formula is C10H19N5. The number of nitrogens with two attached hydrogens (primary N) is 1. The monoisotopic (exact) mass is 209 g/mol. The molecule has 2 N–H and O–H groups in total. The van der Waals surface area contributed by atoms with E-state index in [-0.39, 0.29) is 0 Å². The molecule has 1 aromatic rings. The van der Waals surface area contributed by atoms with Crippen LogP contribution in [0.25, 0.3) is 0 Å². The van der Waals surface area contributed by atoms with Gasteiger partial charge in [0.1, 0.15) is 5.82 Å². The zero-order valence-electron chi connectivity index (χ0n) is 9.48. The van der Waals surface area contributed by atoms with E-state index in [2.05, 4.69) is 33.5 Å². The summed E-state index contributed by atoms with van der Waals surface area (Å²) >= 11 is 0. The van der Waals surface area contributed by atoms with Crippen molar-refractivity contribution in [2.75, 3.05) is 18.0 Å². The zero-order valence-corrected chi connectivity index (χ0v) is 9.48. The molecule has 1 saturated heterocycles. The van der Waals surface area contributed by atoms with Crippen molar-refractivity contribution in [3.8, 4) is 0 Å². The number of hydrogen-bond acceptors (Lipinski definition) is 4. The van der Waals surface area contributed by atoms with Crippen LogP contribution in [0, 0.1) is 0 Å². The van der Waals surface area contributed by atoms with Crippen molar-refractivity contribution in [2.24, 2.45) is 5.73 Å². The van der Waals surface area contributed by atoms with E-state index >= 15 is 0 Å². The Hall–Kier alpha value is -1.10. The van der Waals surface area contributed by atoms with E-state index in [9.17, 15) is 0 Å². The van der Waals surface area contributed by atoms with Crippen LogP contribution in [-0.2, 0) is 6.54 Å². The predicted molar refractivity (Wildman–Crippen MR) is 59.7 cm³/mol. The van der Waals surface area contributed by atoms with Crippen LogP contribution in [0.4, 0.5) is 5.95 Å². The molecule has 0 unspecified atom stereocenters. The summed E-state index contributed by atoms with van der Waals surface area (Å²) in [7, 11) is 0. The Labute approximate surface area is 90.3 Å². The lowest BCUT2D eigenvalue weighted by atomic mass is 10.3. The molecule has 0 bridgehead atoms. The minimum Gasteiger partial charge on any atom is -0.341 e. The molecule has 0 saturated carbocycles.